The summed E-state index contributed by atoms with van der Waals surface area (Å²) in [6.45, 7) is 4.84. The summed E-state index contributed by atoms with van der Waals surface area (Å²) in [7, 11) is 0. The Labute approximate surface area is 146 Å². The number of piperidine rings is 1. The molecule has 1 aromatic carbocycles. The second-order valence-corrected chi connectivity index (χ2v) is 6.82. The maximum Gasteiger partial charge on any atom is 0.188 e. The summed E-state index contributed by atoms with van der Waals surface area (Å²) in [5, 5.41) is 17.9. The molecule has 0 amide bonds. The second kappa shape index (κ2) is 7.51. The predicted octanol–water partition coefficient (Wildman–Crippen LogP) is 2.14. The molecule has 2 heterocycles. The van der Waals surface area contributed by atoms with Crippen molar-refractivity contribution in [2.45, 2.75) is 38.3 Å². The van der Waals surface area contributed by atoms with Crippen LogP contribution in [0.4, 0.5) is 0 Å². The van der Waals surface area contributed by atoms with E-state index >= 15 is 0 Å². The Morgan fingerprint density at radius 2 is 2.33 bits per heavy atom. The Morgan fingerprint density at radius 1 is 1.46 bits per heavy atom. The fraction of sp³-hybridized carbons (Fsp3) is 0.529. The summed E-state index contributed by atoms with van der Waals surface area (Å²) in [5.41, 5.74) is -0.0747. The first-order valence-corrected chi connectivity index (χ1v) is 8.63. The largest absolute Gasteiger partial charge is 0.485 e. The standard InChI is InChI=1S/C17H23ClN4O2/c1-17(6-3-7-19-12-17)16-20-15(21-22(16)8-9-23)11-24-14-5-2-4-13(18)10-14/h2,4-5,10,19,23H,3,6-9,11-12H2,1H3/t17-/m0/s1. The minimum atomic E-state index is -0.0747. The summed E-state index contributed by atoms with van der Waals surface area (Å²) < 4.78 is 7.55. The maximum absolute atomic E-state index is 9.32. The first kappa shape index (κ1) is 17.2. The van der Waals surface area contributed by atoms with Crippen molar-refractivity contribution in [1.82, 2.24) is 20.1 Å². The van der Waals surface area contributed by atoms with Gasteiger partial charge < -0.3 is 15.2 Å². The van der Waals surface area contributed by atoms with E-state index in [9.17, 15) is 5.11 Å². The summed E-state index contributed by atoms with van der Waals surface area (Å²) in [5.74, 6) is 2.21. The number of nitrogens with one attached hydrogen (secondary N) is 1. The first-order valence-electron chi connectivity index (χ1n) is 8.25. The molecule has 0 bridgehead atoms. The normalized spacial score (nSPS) is 21.0. The molecule has 0 saturated carbocycles. The minimum absolute atomic E-state index is 0.0362. The Balaban J connectivity index is 1.77. The molecule has 2 N–H and O–H groups in total. The van der Waals surface area contributed by atoms with Gasteiger partial charge in [-0.1, -0.05) is 24.6 Å². The monoisotopic (exact) mass is 350 g/mol. The molecule has 0 aliphatic carbocycles. The zero-order valence-electron chi connectivity index (χ0n) is 13.8. The van der Waals surface area contributed by atoms with Crippen molar-refractivity contribution in [3.05, 3.63) is 40.9 Å². The van der Waals surface area contributed by atoms with Crippen LogP contribution in [-0.4, -0.2) is 39.6 Å². The fourth-order valence-corrected chi connectivity index (χ4v) is 3.28. The van der Waals surface area contributed by atoms with Crippen molar-refractivity contribution >= 4 is 11.6 Å². The molecular formula is C17H23ClN4O2. The summed E-state index contributed by atoms with van der Waals surface area (Å²) in [6, 6.07) is 7.26. The van der Waals surface area contributed by atoms with E-state index in [-0.39, 0.29) is 18.6 Å². The summed E-state index contributed by atoms with van der Waals surface area (Å²) >= 11 is 5.97. The number of hydrogen-bond acceptors (Lipinski definition) is 5. The third kappa shape index (κ3) is 3.88. The molecule has 6 nitrogen and oxygen atoms in total. The van der Waals surface area contributed by atoms with E-state index in [1.807, 2.05) is 16.8 Å². The smallest absolute Gasteiger partial charge is 0.188 e. The Hall–Kier alpha value is -1.63. The molecule has 1 atom stereocenters. The number of ether oxygens (including phenoxy) is 1. The van der Waals surface area contributed by atoms with Crippen LogP contribution in [0.25, 0.3) is 0 Å². The number of aliphatic hydroxyl groups excluding tert-OH is 1. The molecule has 1 fully saturated rings. The van der Waals surface area contributed by atoms with Crippen LogP contribution in [0.2, 0.25) is 5.02 Å². The number of hydrogen-bond donors (Lipinski definition) is 2. The molecule has 1 aromatic heterocycles. The molecule has 2 aromatic rings. The fourth-order valence-electron chi connectivity index (χ4n) is 3.10. The van der Waals surface area contributed by atoms with Gasteiger partial charge in [-0.2, -0.15) is 5.10 Å². The average Bonchev–Trinajstić information content (AvgIpc) is 2.98. The first-order chi connectivity index (χ1) is 11.6. The molecule has 0 spiro atoms. The second-order valence-electron chi connectivity index (χ2n) is 6.39. The molecule has 7 heteroatoms. The zero-order valence-corrected chi connectivity index (χ0v) is 14.6. The molecule has 0 unspecified atom stereocenters. The van der Waals surface area contributed by atoms with E-state index in [2.05, 4.69) is 17.3 Å². The topological polar surface area (TPSA) is 72.2 Å². The number of halogens is 1. The summed E-state index contributed by atoms with van der Waals surface area (Å²) in [4.78, 5) is 4.70. The van der Waals surface area contributed by atoms with Crippen LogP contribution in [0.3, 0.4) is 0 Å². The van der Waals surface area contributed by atoms with Gasteiger partial charge in [-0.3, -0.25) is 0 Å². The molecule has 24 heavy (non-hydrogen) atoms. The molecule has 1 aliphatic rings. The van der Waals surface area contributed by atoms with Gasteiger partial charge >= 0.3 is 0 Å². The van der Waals surface area contributed by atoms with Crippen LogP contribution < -0.4 is 10.1 Å². The van der Waals surface area contributed by atoms with Crippen LogP contribution in [0.1, 0.15) is 31.4 Å². The lowest BCUT2D eigenvalue weighted by Gasteiger charge is -2.33. The van der Waals surface area contributed by atoms with Gasteiger partial charge in [-0.25, -0.2) is 9.67 Å². The number of rotatable bonds is 6. The van der Waals surface area contributed by atoms with Crippen molar-refractivity contribution < 1.29 is 9.84 Å². The van der Waals surface area contributed by atoms with E-state index in [1.165, 1.54) is 0 Å². The SMILES string of the molecule is C[C@]1(c2nc(COc3cccc(Cl)c3)nn2CCO)CCCNC1. The highest BCUT2D eigenvalue weighted by atomic mass is 35.5. The lowest BCUT2D eigenvalue weighted by atomic mass is 9.82. The molecule has 130 valence electrons. The van der Waals surface area contributed by atoms with Crippen LogP contribution in [-0.2, 0) is 18.6 Å². The van der Waals surface area contributed by atoms with E-state index in [0.29, 0.717) is 23.1 Å². The van der Waals surface area contributed by atoms with Crippen molar-refractivity contribution in [3.8, 4) is 5.75 Å². The highest BCUT2D eigenvalue weighted by Gasteiger charge is 2.34. The van der Waals surface area contributed by atoms with Crippen LogP contribution in [0, 0.1) is 0 Å². The Bertz CT molecular complexity index is 683. The predicted molar refractivity (Wildman–Crippen MR) is 92.3 cm³/mol. The van der Waals surface area contributed by atoms with Crippen LogP contribution in [0.15, 0.2) is 24.3 Å². The third-order valence-electron chi connectivity index (χ3n) is 4.33. The maximum atomic E-state index is 9.32. The van der Waals surface area contributed by atoms with Gasteiger partial charge in [0.05, 0.1) is 13.2 Å². The molecular weight excluding hydrogens is 328 g/mol. The highest BCUT2D eigenvalue weighted by molar-refractivity contribution is 6.30. The van der Waals surface area contributed by atoms with Gasteiger partial charge in [0, 0.05) is 17.0 Å². The Morgan fingerprint density at radius 3 is 3.04 bits per heavy atom. The van der Waals surface area contributed by atoms with Gasteiger partial charge in [0.25, 0.3) is 0 Å². The minimum Gasteiger partial charge on any atom is -0.485 e. The third-order valence-corrected chi connectivity index (χ3v) is 4.56. The van der Waals surface area contributed by atoms with Crippen molar-refractivity contribution in [1.29, 1.82) is 0 Å². The van der Waals surface area contributed by atoms with Gasteiger partial charge in [0.2, 0.25) is 0 Å². The number of benzene rings is 1. The molecule has 0 radical (unpaired) electrons. The van der Waals surface area contributed by atoms with Crippen LogP contribution in [0.5, 0.6) is 5.75 Å². The van der Waals surface area contributed by atoms with E-state index in [0.717, 1.165) is 31.8 Å². The van der Waals surface area contributed by atoms with E-state index < -0.39 is 0 Å². The lowest BCUT2D eigenvalue weighted by Crippen LogP contribution is -2.43. The van der Waals surface area contributed by atoms with Gasteiger partial charge in [0.15, 0.2) is 5.82 Å². The molecule has 3 rings (SSSR count). The van der Waals surface area contributed by atoms with Gasteiger partial charge in [0.1, 0.15) is 18.2 Å². The number of aromatic nitrogens is 3. The average molecular weight is 351 g/mol. The van der Waals surface area contributed by atoms with Crippen molar-refractivity contribution in [2.24, 2.45) is 0 Å². The zero-order chi connectivity index (χ0) is 17.0. The molecule has 1 aliphatic heterocycles. The van der Waals surface area contributed by atoms with Gasteiger partial charge in [-0.15, -0.1) is 0 Å². The number of nitrogens with zero attached hydrogens (tertiary/aromatic N) is 3. The van der Waals surface area contributed by atoms with Crippen LogP contribution >= 0.6 is 11.6 Å². The number of aliphatic hydroxyl groups is 1. The van der Waals surface area contributed by atoms with Crippen molar-refractivity contribution in [3.63, 3.8) is 0 Å². The Kier molecular flexibility index (Phi) is 5.38. The van der Waals surface area contributed by atoms with Crippen molar-refractivity contribution in [2.75, 3.05) is 19.7 Å². The summed E-state index contributed by atoms with van der Waals surface area (Å²) in [6.07, 6.45) is 2.16. The quantitative estimate of drug-likeness (QED) is 0.835. The van der Waals surface area contributed by atoms with E-state index in [1.54, 1.807) is 12.1 Å². The van der Waals surface area contributed by atoms with Gasteiger partial charge in [-0.05, 0) is 37.6 Å². The highest BCUT2D eigenvalue weighted by Crippen LogP contribution is 2.29. The lowest BCUT2D eigenvalue weighted by molar-refractivity contribution is 0.251. The van der Waals surface area contributed by atoms with E-state index in [4.69, 9.17) is 21.3 Å². The molecule has 1 saturated heterocycles.